The van der Waals surface area contributed by atoms with Gasteiger partial charge in [0.25, 0.3) is 0 Å². The number of nitrogens with zero attached hydrogens (tertiary/aromatic N) is 2. The lowest BCUT2D eigenvalue weighted by atomic mass is 10.0. The fourth-order valence-corrected chi connectivity index (χ4v) is 4.37. The van der Waals surface area contributed by atoms with Crippen LogP contribution >= 0.6 is 0 Å². The third-order valence-corrected chi connectivity index (χ3v) is 5.44. The predicted molar refractivity (Wildman–Crippen MR) is 77.3 cm³/mol. The van der Waals surface area contributed by atoms with Crippen molar-refractivity contribution < 1.29 is 13.2 Å². The van der Waals surface area contributed by atoms with Crippen LogP contribution in [0, 0.1) is 11.3 Å². The molecular weight excluding hydrogens is 290 g/mol. The van der Waals surface area contributed by atoms with Gasteiger partial charge in [0.15, 0.2) is 0 Å². The molecule has 1 atom stereocenters. The van der Waals surface area contributed by atoms with E-state index >= 15 is 0 Å². The highest BCUT2D eigenvalue weighted by atomic mass is 32.2. The number of nitrogens with two attached hydrogens (primary N) is 1. The van der Waals surface area contributed by atoms with E-state index in [0.717, 1.165) is 6.42 Å². The molecule has 0 spiro atoms. The SMILES string of the molecule is N#Cc1ccccc1CS(=O)(=O)N1CCCCC1C(N)=O. The summed E-state index contributed by atoms with van der Waals surface area (Å²) in [6.07, 6.45) is 1.95. The zero-order valence-corrected chi connectivity index (χ0v) is 12.3. The standard InChI is InChI=1S/C14H17N3O3S/c15-9-11-5-1-2-6-12(11)10-21(19,20)17-8-4-3-7-13(17)14(16)18/h1-2,5-6,13H,3-4,7-8,10H2,(H2,16,18). The number of primary amides is 1. The van der Waals surface area contributed by atoms with Crippen molar-refractivity contribution in [3.63, 3.8) is 0 Å². The van der Waals surface area contributed by atoms with E-state index < -0.39 is 22.0 Å². The summed E-state index contributed by atoms with van der Waals surface area (Å²) in [4.78, 5) is 11.5. The molecule has 1 aliphatic heterocycles. The number of benzene rings is 1. The second kappa shape index (κ2) is 6.24. The van der Waals surface area contributed by atoms with Crippen LogP contribution in [0.15, 0.2) is 24.3 Å². The second-order valence-corrected chi connectivity index (χ2v) is 6.97. The van der Waals surface area contributed by atoms with E-state index in [9.17, 15) is 13.2 Å². The average molecular weight is 307 g/mol. The Morgan fingerprint density at radius 2 is 2.10 bits per heavy atom. The number of rotatable bonds is 4. The largest absolute Gasteiger partial charge is 0.368 e. The van der Waals surface area contributed by atoms with E-state index in [4.69, 9.17) is 11.0 Å². The molecule has 1 unspecified atom stereocenters. The summed E-state index contributed by atoms with van der Waals surface area (Å²) in [6, 6.07) is 7.76. The molecule has 0 aliphatic carbocycles. The zero-order valence-electron chi connectivity index (χ0n) is 11.5. The van der Waals surface area contributed by atoms with E-state index in [1.165, 1.54) is 4.31 Å². The van der Waals surface area contributed by atoms with Gasteiger partial charge >= 0.3 is 0 Å². The minimum atomic E-state index is -3.68. The lowest BCUT2D eigenvalue weighted by Gasteiger charge is -2.32. The Kier molecular flexibility index (Phi) is 4.60. The van der Waals surface area contributed by atoms with Crippen LogP contribution in [0.5, 0.6) is 0 Å². The first-order valence-electron chi connectivity index (χ1n) is 6.72. The molecule has 21 heavy (non-hydrogen) atoms. The number of carbonyl (C=O) groups is 1. The van der Waals surface area contributed by atoms with Gasteiger partial charge in [0.2, 0.25) is 15.9 Å². The minimum absolute atomic E-state index is 0.291. The summed E-state index contributed by atoms with van der Waals surface area (Å²) >= 11 is 0. The molecule has 6 nitrogen and oxygen atoms in total. The van der Waals surface area contributed by atoms with Crippen LogP contribution in [0.4, 0.5) is 0 Å². The van der Waals surface area contributed by atoms with E-state index in [1.54, 1.807) is 24.3 Å². The molecule has 1 heterocycles. The molecule has 2 N–H and O–H groups in total. The number of piperidine rings is 1. The highest BCUT2D eigenvalue weighted by Crippen LogP contribution is 2.23. The Bertz CT molecular complexity index is 679. The van der Waals surface area contributed by atoms with Crippen molar-refractivity contribution in [2.45, 2.75) is 31.1 Å². The normalized spacial score (nSPS) is 19.9. The molecule has 1 saturated heterocycles. The topological polar surface area (TPSA) is 104 Å². The van der Waals surface area contributed by atoms with E-state index in [0.29, 0.717) is 30.5 Å². The van der Waals surface area contributed by atoms with Crippen LogP contribution in [0.1, 0.15) is 30.4 Å². The lowest BCUT2D eigenvalue weighted by Crippen LogP contribution is -2.50. The number of carbonyl (C=O) groups excluding carboxylic acids is 1. The molecule has 0 aromatic heterocycles. The fourth-order valence-electron chi connectivity index (χ4n) is 2.56. The molecule has 0 bridgehead atoms. The molecule has 1 amide bonds. The Morgan fingerprint density at radius 1 is 1.38 bits per heavy atom. The van der Waals surface area contributed by atoms with Crippen LogP contribution < -0.4 is 5.73 Å². The number of nitriles is 1. The van der Waals surface area contributed by atoms with Crippen LogP contribution in [0.25, 0.3) is 0 Å². The third-order valence-electron chi connectivity index (χ3n) is 3.62. The van der Waals surface area contributed by atoms with Gasteiger partial charge in [0.1, 0.15) is 6.04 Å². The highest BCUT2D eigenvalue weighted by molar-refractivity contribution is 7.88. The van der Waals surface area contributed by atoms with Gasteiger partial charge in [-0.2, -0.15) is 9.57 Å². The summed E-state index contributed by atoms with van der Waals surface area (Å²) in [7, 11) is -3.68. The van der Waals surface area contributed by atoms with Crippen LogP contribution in [0.3, 0.4) is 0 Å². The van der Waals surface area contributed by atoms with Gasteiger partial charge in [-0.3, -0.25) is 4.79 Å². The number of hydrogen-bond acceptors (Lipinski definition) is 4. The summed E-state index contributed by atoms with van der Waals surface area (Å²) in [5, 5.41) is 9.03. The Balaban J connectivity index is 2.29. The number of sulfonamides is 1. The van der Waals surface area contributed by atoms with Crippen molar-refractivity contribution in [1.82, 2.24) is 4.31 Å². The van der Waals surface area contributed by atoms with Gasteiger partial charge in [0.05, 0.1) is 17.4 Å². The van der Waals surface area contributed by atoms with Crippen molar-refractivity contribution in [3.05, 3.63) is 35.4 Å². The molecule has 7 heteroatoms. The van der Waals surface area contributed by atoms with Crippen molar-refractivity contribution >= 4 is 15.9 Å². The molecule has 1 aromatic rings. The van der Waals surface area contributed by atoms with Gasteiger partial charge < -0.3 is 5.73 Å². The number of amides is 1. The van der Waals surface area contributed by atoms with Gasteiger partial charge in [-0.05, 0) is 24.5 Å². The average Bonchev–Trinajstić information content (AvgIpc) is 2.47. The summed E-state index contributed by atoms with van der Waals surface area (Å²) in [5.41, 5.74) is 6.07. The first-order chi connectivity index (χ1) is 9.95. The Hall–Kier alpha value is -1.91. The first kappa shape index (κ1) is 15.5. The lowest BCUT2D eigenvalue weighted by molar-refractivity contribution is -0.122. The molecule has 1 aliphatic rings. The molecule has 1 fully saturated rings. The molecular formula is C14H17N3O3S. The van der Waals surface area contributed by atoms with Gasteiger partial charge in [-0.1, -0.05) is 24.6 Å². The van der Waals surface area contributed by atoms with Crippen LogP contribution in [0.2, 0.25) is 0 Å². The molecule has 1 aromatic carbocycles. The van der Waals surface area contributed by atoms with Crippen molar-refractivity contribution in [1.29, 1.82) is 5.26 Å². The second-order valence-electron chi connectivity index (χ2n) is 5.05. The molecule has 112 valence electrons. The van der Waals surface area contributed by atoms with E-state index in [2.05, 4.69) is 0 Å². The predicted octanol–water partition coefficient (Wildman–Crippen LogP) is 0.728. The monoisotopic (exact) mass is 307 g/mol. The van der Waals surface area contributed by atoms with Crippen molar-refractivity contribution in [2.24, 2.45) is 5.73 Å². The van der Waals surface area contributed by atoms with Gasteiger partial charge in [-0.25, -0.2) is 8.42 Å². The zero-order chi connectivity index (χ0) is 15.5. The van der Waals surface area contributed by atoms with Gasteiger partial charge in [-0.15, -0.1) is 0 Å². The molecule has 2 rings (SSSR count). The Labute approximate surface area is 124 Å². The maximum Gasteiger partial charge on any atom is 0.235 e. The highest BCUT2D eigenvalue weighted by Gasteiger charge is 2.35. The third kappa shape index (κ3) is 3.40. The maximum absolute atomic E-state index is 12.5. The summed E-state index contributed by atoms with van der Waals surface area (Å²) < 4.78 is 26.3. The van der Waals surface area contributed by atoms with Crippen LogP contribution in [-0.2, 0) is 20.6 Å². The Morgan fingerprint density at radius 3 is 2.76 bits per heavy atom. The minimum Gasteiger partial charge on any atom is -0.368 e. The van der Waals surface area contributed by atoms with Crippen molar-refractivity contribution in [2.75, 3.05) is 6.54 Å². The summed E-state index contributed by atoms with van der Waals surface area (Å²) in [5.74, 6) is -0.910. The molecule has 0 saturated carbocycles. The quantitative estimate of drug-likeness (QED) is 0.885. The van der Waals surface area contributed by atoms with Crippen molar-refractivity contribution in [3.8, 4) is 6.07 Å². The van der Waals surface area contributed by atoms with Gasteiger partial charge in [0, 0.05) is 6.54 Å². The maximum atomic E-state index is 12.5. The summed E-state index contributed by atoms with van der Waals surface area (Å²) in [6.45, 7) is 0.296. The fraction of sp³-hybridized carbons (Fsp3) is 0.429. The smallest absolute Gasteiger partial charge is 0.235 e. The number of hydrogen-bond donors (Lipinski definition) is 1. The molecule has 0 radical (unpaired) electrons. The first-order valence-corrected chi connectivity index (χ1v) is 8.33. The van der Waals surface area contributed by atoms with E-state index in [1.807, 2.05) is 6.07 Å². The van der Waals surface area contributed by atoms with E-state index in [-0.39, 0.29) is 5.75 Å². The van der Waals surface area contributed by atoms with Crippen LogP contribution in [-0.4, -0.2) is 31.2 Å².